The number of aliphatic hydroxyl groups is 1. The summed E-state index contributed by atoms with van der Waals surface area (Å²) < 4.78 is 0.700. The van der Waals surface area contributed by atoms with Crippen molar-refractivity contribution < 1.29 is 5.11 Å². The maximum atomic E-state index is 9.50. The van der Waals surface area contributed by atoms with Crippen LogP contribution in [0.1, 0.15) is 18.9 Å². The Balaban J connectivity index is 2.22. The number of aliphatic hydroxyl groups excluding tert-OH is 1. The van der Waals surface area contributed by atoms with Gasteiger partial charge in [0.25, 0.3) is 0 Å². The highest BCUT2D eigenvalue weighted by molar-refractivity contribution is 7.15. The third-order valence-corrected chi connectivity index (χ3v) is 3.04. The topological polar surface area (TPSA) is 45.1 Å². The number of thiazole rings is 1. The van der Waals surface area contributed by atoms with E-state index in [0.29, 0.717) is 17.4 Å². The summed E-state index contributed by atoms with van der Waals surface area (Å²) in [6.07, 6.45) is 1.34. The lowest BCUT2D eigenvalue weighted by Gasteiger charge is -2.14. The molecule has 2 N–H and O–H groups in total. The van der Waals surface area contributed by atoms with Gasteiger partial charge in [0, 0.05) is 13.1 Å². The SMILES string of the molecule is CC(C)C(O)CNCc1ncc(Cl)s1. The van der Waals surface area contributed by atoms with Crippen LogP contribution in [0.2, 0.25) is 4.34 Å². The molecule has 14 heavy (non-hydrogen) atoms. The van der Waals surface area contributed by atoms with E-state index in [0.717, 1.165) is 5.01 Å². The Labute approximate surface area is 93.1 Å². The van der Waals surface area contributed by atoms with E-state index < -0.39 is 0 Å². The molecule has 1 rings (SSSR count). The van der Waals surface area contributed by atoms with E-state index in [-0.39, 0.29) is 12.0 Å². The highest BCUT2D eigenvalue weighted by Gasteiger charge is 2.08. The molecule has 0 saturated heterocycles. The molecule has 1 heterocycles. The minimum atomic E-state index is -0.301. The Morgan fingerprint density at radius 1 is 1.64 bits per heavy atom. The van der Waals surface area contributed by atoms with Crippen molar-refractivity contribution in [1.82, 2.24) is 10.3 Å². The summed E-state index contributed by atoms with van der Waals surface area (Å²) in [5.41, 5.74) is 0. The summed E-state index contributed by atoms with van der Waals surface area (Å²) >= 11 is 7.19. The van der Waals surface area contributed by atoms with E-state index in [1.165, 1.54) is 11.3 Å². The van der Waals surface area contributed by atoms with Gasteiger partial charge in [-0.2, -0.15) is 0 Å². The fourth-order valence-corrected chi connectivity index (χ4v) is 1.86. The third-order valence-electron chi connectivity index (χ3n) is 1.92. The van der Waals surface area contributed by atoms with Gasteiger partial charge in [0.1, 0.15) is 9.34 Å². The van der Waals surface area contributed by atoms with Gasteiger partial charge in [-0.05, 0) is 5.92 Å². The zero-order chi connectivity index (χ0) is 10.6. The Kier molecular flexibility index (Phi) is 4.81. The molecule has 0 aliphatic heterocycles. The second-order valence-corrected chi connectivity index (χ2v) is 5.25. The molecule has 0 aliphatic rings. The summed E-state index contributed by atoms with van der Waals surface area (Å²) in [6.45, 7) is 5.25. The lowest BCUT2D eigenvalue weighted by molar-refractivity contribution is 0.123. The maximum Gasteiger partial charge on any atom is 0.113 e. The molecule has 1 aromatic rings. The van der Waals surface area contributed by atoms with Crippen molar-refractivity contribution >= 4 is 22.9 Å². The molecule has 0 aliphatic carbocycles. The molecule has 0 saturated carbocycles. The Morgan fingerprint density at radius 3 is 2.86 bits per heavy atom. The van der Waals surface area contributed by atoms with Gasteiger partial charge in [0.05, 0.1) is 12.3 Å². The molecule has 0 bridgehead atoms. The van der Waals surface area contributed by atoms with E-state index in [1.807, 2.05) is 13.8 Å². The molecule has 5 heteroatoms. The normalized spacial score (nSPS) is 13.5. The standard InChI is InChI=1S/C9H15ClN2OS/c1-6(2)7(13)3-11-5-9-12-4-8(10)14-9/h4,6-7,11,13H,3,5H2,1-2H3. The molecule has 1 unspecified atom stereocenters. The van der Waals surface area contributed by atoms with Crippen molar-refractivity contribution in [3.05, 3.63) is 15.5 Å². The van der Waals surface area contributed by atoms with Gasteiger partial charge < -0.3 is 10.4 Å². The van der Waals surface area contributed by atoms with Crippen molar-refractivity contribution in [3.8, 4) is 0 Å². The minimum Gasteiger partial charge on any atom is -0.392 e. The second kappa shape index (κ2) is 5.66. The first-order chi connectivity index (χ1) is 6.59. The lowest BCUT2D eigenvalue weighted by Crippen LogP contribution is -2.30. The van der Waals surface area contributed by atoms with E-state index in [1.54, 1.807) is 6.20 Å². The van der Waals surface area contributed by atoms with E-state index >= 15 is 0 Å². The first-order valence-electron chi connectivity index (χ1n) is 4.58. The number of halogens is 1. The molecule has 80 valence electrons. The average molecular weight is 235 g/mol. The van der Waals surface area contributed by atoms with Gasteiger partial charge in [0.15, 0.2) is 0 Å². The number of nitrogens with one attached hydrogen (secondary N) is 1. The van der Waals surface area contributed by atoms with Gasteiger partial charge in [-0.25, -0.2) is 4.98 Å². The van der Waals surface area contributed by atoms with E-state index in [4.69, 9.17) is 11.6 Å². The molecule has 0 amide bonds. The number of aromatic nitrogens is 1. The summed E-state index contributed by atoms with van der Waals surface area (Å²) in [4.78, 5) is 4.10. The first-order valence-corrected chi connectivity index (χ1v) is 5.78. The van der Waals surface area contributed by atoms with Crippen LogP contribution in [0, 0.1) is 5.92 Å². The third kappa shape index (κ3) is 3.92. The van der Waals surface area contributed by atoms with Crippen molar-refractivity contribution in [3.63, 3.8) is 0 Å². The van der Waals surface area contributed by atoms with Gasteiger partial charge in [0.2, 0.25) is 0 Å². The van der Waals surface area contributed by atoms with Crippen LogP contribution in [0.5, 0.6) is 0 Å². The van der Waals surface area contributed by atoms with Crippen LogP contribution in [0.25, 0.3) is 0 Å². The van der Waals surface area contributed by atoms with Crippen molar-refractivity contribution in [2.45, 2.75) is 26.5 Å². The first kappa shape index (κ1) is 11.9. The van der Waals surface area contributed by atoms with Crippen LogP contribution in [-0.2, 0) is 6.54 Å². The largest absolute Gasteiger partial charge is 0.392 e. The average Bonchev–Trinajstić information content (AvgIpc) is 2.51. The highest BCUT2D eigenvalue weighted by atomic mass is 35.5. The predicted octanol–water partition coefficient (Wildman–Crippen LogP) is 1.90. The second-order valence-electron chi connectivity index (χ2n) is 3.50. The molecule has 1 aromatic heterocycles. The van der Waals surface area contributed by atoms with Crippen LogP contribution < -0.4 is 5.32 Å². The van der Waals surface area contributed by atoms with E-state index in [2.05, 4.69) is 10.3 Å². The van der Waals surface area contributed by atoms with Crippen LogP contribution >= 0.6 is 22.9 Å². The fourth-order valence-electron chi connectivity index (χ4n) is 0.932. The van der Waals surface area contributed by atoms with Crippen molar-refractivity contribution in [1.29, 1.82) is 0 Å². The minimum absolute atomic E-state index is 0.280. The van der Waals surface area contributed by atoms with Gasteiger partial charge in [-0.3, -0.25) is 0 Å². The molecule has 0 fully saturated rings. The Hall–Kier alpha value is -0.160. The van der Waals surface area contributed by atoms with Crippen LogP contribution in [-0.4, -0.2) is 22.7 Å². The lowest BCUT2D eigenvalue weighted by atomic mass is 10.1. The summed E-state index contributed by atoms with van der Waals surface area (Å²) in [6, 6.07) is 0. The molecule has 0 radical (unpaired) electrons. The number of nitrogens with zero attached hydrogens (tertiary/aromatic N) is 1. The van der Waals surface area contributed by atoms with Crippen LogP contribution in [0.15, 0.2) is 6.20 Å². The van der Waals surface area contributed by atoms with Gasteiger partial charge in [-0.1, -0.05) is 25.4 Å². The molecule has 3 nitrogen and oxygen atoms in total. The summed E-state index contributed by atoms with van der Waals surface area (Å²) in [7, 11) is 0. The zero-order valence-electron chi connectivity index (χ0n) is 8.33. The molecular formula is C9H15ClN2OS. The molecular weight excluding hydrogens is 220 g/mol. The smallest absolute Gasteiger partial charge is 0.113 e. The van der Waals surface area contributed by atoms with Crippen molar-refractivity contribution in [2.24, 2.45) is 5.92 Å². The predicted molar refractivity (Wildman–Crippen MR) is 59.7 cm³/mol. The van der Waals surface area contributed by atoms with E-state index in [9.17, 15) is 5.11 Å². The number of rotatable bonds is 5. The highest BCUT2D eigenvalue weighted by Crippen LogP contribution is 2.17. The number of hydrogen-bond donors (Lipinski definition) is 2. The number of hydrogen-bond acceptors (Lipinski definition) is 4. The summed E-state index contributed by atoms with van der Waals surface area (Å²) in [5.74, 6) is 0.280. The molecule has 0 spiro atoms. The zero-order valence-corrected chi connectivity index (χ0v) is 9.90. The Bertz CT molecular complexity index is 278. The molecule has 0 aromatic carbocycles. The fraction of sp³-hybridized carbons (Fsp3) is 0.667. The monoisotopic (exact) mass is 234 g/mol. The van der Waals surface area contributed by atoms with Gasteiger partial charge >= 0.3 is 0 Å². The Morgan fingerprint density at radius 2 is 2.36 bits per heavy atom. The summed E-state index contributed by atoms with van der Waals surface area (Å²) in [5, 5.41) is 13.6. The quantitative estimate of drug-likeness (QED) is 0.818. The van der Waals surface area contributed by atoms with Gasteiger partial charge in [-0.15, -0.1) is 11.3 Å². The van der Waals surface area contributed by atoms with Crippen LogP contribution in [0.3, 0.4) is 0 Å². The van der Waals surface area contributed by atoms with Crippen molar-refractivity contribution in [2.75, 3.05) is 6.54 Å². The van der Waals surface area contributed by atoms with Crippen LogP contribution in [0.4, 0.5) is 0 Å². The molecule has 1 atom stereocenters. The maximum absolute atomic E-state index is 9.50.